The summed E-state index contributed by atoms with van der Waals surface area (Å²) in [5.41, 5.74) is 4.57. The first-order chi connectivity index (χ1) is 16.9. The third-order valence-corrected chi connectivity index (χ3v) is 4.89. The van der Waals surface area contributed by atoms with E-state index >= 15 is 0 Å². The molecule has 0 unspecified atom stereocenters. The van der Waals surface area contributed by atoms with Crippen molar-refractivity contribution in [1.29, 1.82) is 0 Å². The summed E-state index contributed by atoms with van der Waals surface area (Å²) in [6, 6.07) is 16.5. The predicted octanol–water partition coefficient (Wildman–Crippen LogP) is 4.14. The Labute approximate surface area is 202 Å². The maximum absolute atomic E-state index is 12.4. The molecule has 0 radical (unpaired) electrons. The van der Waals surface area contributed by atoms with Crippen molar-refractivity contribution in [2.24, 2.45) is 5.10 Å². The van der Waals surface area contributed by atoms with Crippen LogP contribution in [-0.4, -0.2) is 44.0 Å². The van der Waals surface area contributed by atoms with Crippen molar-refractivity contribution in [3.63, 3.8) is 0 Å². The molecule has 2 N–H and O–H groups in total. The van der Waals surface area contributed by atoms with Crippen LogP contribution in [0.15, 0.2) is 65.8 Å². The average Bonchev–Trinajstić information content (AvgIpc) is 2.88. The highest BCUT2D eigenvalue weighted by atomic mass is 16.5. The summed E-state index contributed by atoms with van der Waals surface area (Å²) in [5, 5.41) is 13.0. The smallest absolute Gasteiger partial charge is 0.335 e. The number of amides is 1. The van der Waals surface area contributed by atoms with Crippen LogP contribution in [0.25, 0.3) is 0 Å². The molecule has 35 heavy (non-hydrogen) atoms. The molecule has 182 valence electrons. The van der Waals surface area contributed by atoms with Crippen LogP contribution in [0.1, 0.15) is 38.8 Å². The summed E-state index contributed by atoms with van der Waals surface area (Å²) in [6.07, 6.45) is 1.49. The molecular formula is C26H26N2O7. The molecule has 0 fully saturated rings. The van der Waals surface area contributed by atoms with E-state index in [9.17, 15) is 9.59 Å². The summed E-state index contributed by atoms with van der Waals surface area (Å²) >= 11 is 0. The van der Waals surface area contributed by atoms with E-state index in [2.05, 4.69) is 10.5 Å². The van der Waals surface area contributed by atoms with Crippen molar-refractivity contribution >= 4 is 18.1 Å². The summed E-state index contributed by atoms with van der Waals surface area (Å²) in [5.74, 6) is 0.634. The minimum atomic E-state index is -0.980. The third-order valence-electron chi connectivity index (χ3n) is 4.89. The molecule has 0 aliphatic heterocycles. The molecule has 9 nitrogen and oxygen atoms in total. The summed E-state index contributed by atoms with van der Waals surface area (Å²) < 4.78 is 21.9. The number of carboxylic acid groups (broad SMARTS) is 1. The van der Waals surface area contributed by atoms with Crippen LogP contribution in [0.5, 0.6) is 23.0 Å². The van der Waals surface area contributed by atoms with Crippen molar-refractivity contribution in [1.82, 2.24) is 5.43 Å². The van der Waals surface area contributed by atoms with Crippen molar-refractivity contribution in [3.8, 4) is 23.0 Å². The maximum Gasteiger partial charge on any atom is 0.335 e. The lowest BCUT2D eigenvalue weighted by atomic mass is 10.1. The number of hydrogen-bond acceptors (Lipinski definition) is 7. The molecular weight excluding hydrogens is 452 g/mol. The van der Waals surface area contributed by atoms with Gasteiger partial charge in [0.1, 0.15) is 6.61 Å². The summed E-state index contributed by atoms with van der Waals surface area (Å²) in [7, 11) is 3.03. The number of hydrazone groups is 1. The number of carbonyl (C=O) groups is 2. The number of ether oxygens (including phenoxy) is 4. The van der Waals surface area contributed by atoms with Crippen molar-refractivity contribution in [2.75, 3.05) is 20.8 Å². The number of carboxylic acids is 1. The van der Waals surface area contributed by atoms with Gasteiger partial charge in [-0.3, -0.25) is 4.79 Å². The van der Waals surface area contributed by atoms with Gasteiger partial charge in [-0.15, -0.1) is 0 Å². The van der Waals surface area contributed by atoms with Gasteiger partial charge in [-0.05, 0) is 66.6 Å². The lowest BCUT2D eigenvalue weighted by Crippen LogP contribution is -2.17. The van der Waals surface area contributed by atoms with Crippen LogP contribution >= 0.6 is 0 Å². The molecule has 3 rings (SSSR count). The Kier molecular flexibility index (Phi) is 8.66. The van der Waals surface area contributed by atoms with Crippen molar-refractivity contribution in [3.05, 3.63) is 82.9 Å². The van der Waals surface area contributed by atoms with E-state index in [4.69, 9.17) is 24.1 Å². The van der Waals surface area contributed by atoms with Crippen LogP contribution in [0.3, 0.4) is 0 Å². The quantitative estimate of drug-likeness (QED) is 0.314. The zero-order valence-corrected chi connectivity index (χ0v) is 19.6. The van der Waals surface area contributed by atoms with Gasteiger partial charge in [0.15, 0.2) is 23.0 Å². The van der Waals surface area contributed by atoms with Gasteiger partial charge in [-0.1, -0.05) is 12.1 Å². The second-order valence-corrected chi connectivity index (χ2v) is 7.20. The highest BCUT2D eigenvalue weighted by molar-refractivity contribution is 5.95. The van der Waals surface area contributed by atoms with Gasteiger partial charge in [0.2, 0.25) is 0 Å². The molecule has 0 bridgehead atoms. The number of carbonyl (C=O) groups excluding carboxylic acids is 1. The number of hydrogen-bond donors (Lipinski definition) is 2. The molecule has 3 aromatic rings. The number of aromatic carboxylic acids is 1. The molecule has 0 saturated carbocycles. The third kappa shape index (κ3) is 6.73. The molecule has 0 aromatic heterocycles. The molecule has 0 aliphatic rings. The predicted molar refractivity (Wildman–Crippen MR) is 130 cm³/mol. The van der Waals surface area contributed by atoms with Gasteiger partial charge in [0.25, 0.3) is 5.91 Å². The minimum Gasteiger partial charge on any atom is -0.493 e. The van der Waals surface area contributed by atoms with Crippen LogP contribution in [-0.2, 0) is 6.61 Å². The Morgan fingerprint density at radius 3 is 2.14 bits per heavy atom. The molecule has 0 atom stereocenters. The second kappa shape index (κ2) is 12.1. The van der Waals surface area contributed by atoms with Gasteiger partial charge in [-0.25, -0.2) is 10.2 Å². The number of benzene rings is 3. The van der Waals surface area contributed by atoms with E-state index in [-0.39, 0.29) is 12.2 Å². The number of nitrogens with one attached hydrogen (secondary N) is 1. The minimum absolute atomic E-state index is 0.212. The Balaban J connectivity index is 1.62. The fourth-order valence-corrected chi connectivity index (χ4v) is 3.10. The van der Waals surface area contributed by atoms with Gasteiger partial charge in [0, 0.05) is 5.56 Å². The van der Waals surface area contributed by atoms with Crippen LogP contribution < -0.4 is 24.4 Å². The maximum atomic E-state index is 12.4. The van der Waals surface area contributed by atoms with E-state index in [0.29, 0.717) is 40.7 Å². The first-order valence-electron chi connectivity index (χ1n) is 10.7. The molecule has 1 amide bonds. The lowest BCUT2D eigenvalue weighted by Gasteiger charge is -2.11. The summed E-state index contributed by atoms with van der Waals surface area (Å²) in [4.78, 5) is 23.4. The molecule has 0 spiro atoms. The SMILES string of the molecule is CCOc1ccc(C(=O)N/N=C/c2ccc(OCc3ccc(C(=O)O)cc3)c(OC)c2)cc1OC. The van der Waals surface area contributed by atoms with E-state index in [1.807, 2.05) is 6.92 Å². The van der Waals surface area contributed by atoms with Gasteiger partial charge >= 0.3 is 5.97 Å². The van der Waals surface area contributed by atoms with Crippen LogP contribution in [0, 0.1) is 0 Å². The Morgan fingerprint density at radius 1 is 0.857 bits per heavy atom. The first kappa shape index (κ1) is 25.1. The number of nitrogens with zero attached hydrogens (tertiary/aromatic N) is 1. The fourth-order valence-electron chi connectivity index (χ4n) is 3.10. The molecule has 3 aromatic carbocycles. The van der Waals surface area contributed by atoms with E-state index in [1.54, 1.807) is 48.5 Å². The topological polar surface area (TPSA) is 116 Å². The molecule has 0 saturated heterocycles. The van der Waals surface area contributed by atoms with E-state index in [0.717, 1.165) is 5.56 Å². The largest absolute Gasteiger partial charge is 0.493 e. The van der Waals surface area contributed by atoms with Gasteiger partial charge in [-0.2, -0.15) is 5.10 Å². The normalized spacial score (nSPS) is 10.6. The van der Waals surface area contributed by atoms with Crippen molar-refractivity contribution in [2.45, 2.75) is 13.5 Å². The van der Waals surface area contributed by atoms with Gasteiger partial charge < -0.3 is 24.1 Å². The second-order valence-electron chi connectivity index (χ2n) is 7.20. The van der Waals surface area contributed by atoms with Crippen LogP contribution in [0.4, 0.5) is 0 Å². The number of methoxy groups -OCH3 is 2. The zero-order chi connectivity index (χ0) is 25.2. The monoisotopic (exact) mass is 478 g/mol. The fraction of sp³-hybridized carbons (Fsp3) is 0.192. The highest BCUT2D eigenvalue weighted by Crippen LogP contribution is 2.29. The van der Waals surface area contributed by atoms with Gasteiger partial charge in [0.05, 0.1) is 32.6 Å². The molecule has 9 heteroatoms. The standard InChI is InChI=1S/C26H26N2O7/c1-4-34-21-12-10-20(14-24(21)33-3)25(29)28-27-15-18-7-11-22(23(13-18)32-2)35-16-17-5-8-19(9-6-17)26(30)31/h5-15H,4,16H2,1-3H3,(H,28,29)(H,30,31)/b27-15+. The Bertz CT molecular complexity index is 1210. The lowest BCUT2D eigenvalue weighted by molar-refractivity contribution is 0.0696. The first-order valence-corrected chi connectivity index (χ1v) is 10.7. The Hall–Kier alpha value is -4.53. The molecule has 0 aliphatic carbocycles. The van der Waals surface area contributed by atoms with Crippen molar-refractivity contribution < 1.29 is 33.6 Å². The van der Waals surface area contributed by atoms with E-state index < -0.39 is 11.9 Å². The average molecular weight is 479 g/mol. The highest BCUT2D eigenvalue weighted by Gasteiger charge is 2.11. The van der Waals surface area contributed by atoms with E-state index in [1.165, 1.54) is 32.6 Å². The summed E-state index contributed by atoms with van der Waals surface area (Å²) in [6.45, 7) is 2.59. The zero-order valence-electron chi connectivity index (χ0n) is 19.6. The Morgan fingerprint density at radius 2 is 1.49 bits per heavy atom. The molecule has 0 heterocycles. The van der Waals surface area contributed by atoms with Crippen LogP contribution in [0.2, 0.25) is 0 Å². The number of rotatable bonds is 11.